The molecule has 7 heteroatoms. The first-order valence-electron chi connectivity index (χ1n) is 7.58. The predicted molar refractivity (Wildman–Crippen MR) is 96.4 cm³/mol. The Morgan fingerprint density at radius 1 is 1.21 bits per heavy atom. The minimum absolute atomic E-state index is 0.331. The van der Waals surface area contributed by atoms with Crippen LogP contribution in [0.2, 0.25) is 0 Å². The van der Waals surface area contributed by atoms with E-state index in [1.165, 1.54) is 12.0 Å². The summed E-state index contributed by atoms with van der Waals surface area (Å²) < 4.78 is 4.69. The lowest BCUT2D eigenvalue weighted by molar-refractivity contribution is 0.0600. The van der Waals surface area contributed by atoms with Crippen molar-refractivity contribution in [2.45, 2.75) is 26.9 Å². The van der Waals surface area contributed by atoms with Gasteiger partial charge in [-0.1, -0.05) is 12.1 Å². The second-order valence-corrected chi connectivity index (χ2v) is 6.50. The van der Waals surface area contributed by atoms with Crippen LogP contribution in [0.25, 0.3) is 0 Å². The van der Waals surface area contributed by atoms with Crippen LogP contribution in [0.4, 0.5) is 0 Å². The fraction of sp³-hybridized carbons (Fsp3) is 0.353. The van der Waals surface area contributed by atoms with Gasteiger partial charge in [-0.3, -0.25) is 4.99 Å². The van der Waals surface area contributed by atoms with Crippen LogP contribution in [0.1, 0.15) is 31.5 Å². The highest BCUT2D eigenvalue weighted by Gasteiger charge is 2.07. The monoisotopic (exact) mass is 346 g/mol. The van der Waals surface area contributed by atoms with Crippen molar-refractivity contribution in [2.24, 2.45) is 4.99 Å². The van der Waals surface area contributed by atoms with E-state index in [4.69, 9.17) is 0 Å². The molecule has 1 heterocycles. The third-order valence-electron chi connectivity index (χ3n) is 3.47. The van der Waals surface area contributed by atoms with Crippen LogP contribution >= 0.6 is 11.3 Å². The minimum atomic E-state index is -0.331. The van der Waals surface area contributed by atoms with Gasteiger partial charge < -0.3 is 15.4 Å². The van der Waals surface area contributed by atoms with Crippen LogP contribution in [-0.2, 0) is 17.8 Å². The van der Waals surface area contributed by atoms with Crippen LogP contribution < -0.4 is 10.6 Å². The van der Waals surface area contributed by atoms with Crippen LogP contribution in [-0.4, -0.2) is 31.1 Å². The van der Waals surface area contributed by atoms with E-state index >= 15 is 0 Å². The molecule has 2 aromatic rings. The van der Waals surface area contributed by atoms with Gasteiger partial charge >= 0.3 is 5.97 Å². The zero-order valence-electron chi connectivity index (χ0n) is 14.3. The summed E-state index contributed by atoms with van der Waals surface area (Å²) in [5.74, 6) is 0.389. The molecule has 0 bridgehead atoms. The number of guanidine groups is 1. The van der Waals surface area contributed by atoms with Gasteiger partial charge in [0.05, 0.1) is 29.9 Å². The van der Waals surface area contributed by atoms with Gasteiger partial charge in [0.1, 0.15) is 0 Å². The molecule has 0 unspecified atom stereocenters. The summed E-state index contributed by atoms with van der Waals surface area (Å²) >= 11 is 1.69. The number of hydrogen-bond donors (Lipinski definition) is 2. The van der Waals surface area contributed by atoms with Crippen molar-refractivity contribution in [1.29, 1.82) is 0 Å². The molecule has 0 amide bonds. The number of hydrogen-bond acceptors (Lipinski definition) is 5. The number of carbonyl (C=O) groups is 1. The summed E-state index contributed by atoms with van der Waals surface area (Å²) in [5, 5.41) is 7.60. The second kappa shape index (κ2) is 8.44. The van der Waals surface area contributed by atoms with E-state index in [9.17, 15) is 4.79 Å². The van der Waals surface area contributed by atoms with Crippen molar-refractivity contribution >= 4 is 23.3 Å². The van der Waals surface area contributed by atoms with Crippen LogP contribution in [0, 0.1) is 13.8 Å². The van der Waals surface area contributed by atoms with E-state index in [1.807, 2.05) is 26.0 Å². The first kappa shape index (κ1) is 17.9. The number of ether oxygens (including phenoxy) is 1. The van der Waals surface area contributed by atoms with Gasteiger partial charge in [0.15, 0.2) is 5.96 Å². The first-order chi connectivity index (χ1) is 11.5. The Labute approximate surface area is 146 Å². The Bertz CT molecular complexity index is 723. The molecule has 0 spiro atoms. The van der Waals surface area contributed by atoms with Gasteiger partial charge in [0.25, 0.3) is 0 Å². The summed E-state index contributed by atoms with van der Waals surface area (Å²) in [6, 6.07) is 7.29. The lowest BCUT2D eigenvalue weighted by Gasteiger charge is -2.11. The van der Waals surface area contributed by atoms with E-state index in [2.05, 4.69) is 25.3 Å². The highest BCUT2D eigenvalue weighted by atomic mass is 32.1. The highest BCUT2D eigenvalue weighted by Crippen LogP contribution is 2.16. The number of thiazole rings is 1. The maximum atomic E-state index is 11.4. The summed E-state index contributed by atoms with van der Waals surface area (Å²) in [6.45, 7) is 5.33. The number of aliphatic imine (C=N–C) groups is 1. The molecule has 0 saturated carbocycles. The maximum absolute atomic E-state index is 11.4. The van der Waals surface area contributed by atoms with Crippen LogP contribution in [0.15, 0.2) is 29.3 Å². The van der Waals surface area contributed by atoms with Crippen LogP contribution in [0.3, 0.4) is 0 Å². The van der Waals surface area contributed by atoms with Gasteiger partial charge in [-0.05, 0) is 31.5 Å². The largest absolute Gasteiger partial charge is 0.465 e. The van der Waals surface area contributed by atoms with Crippen molar-refractivity contribution in [2.75, 3.05) is 14.2 Å². The lowest BCUT2D eigenvalue weighted by Crippen LogP contribution is -2.36. The summed E-state index contributed by atoms with van der Waals surface area (Å²) in [4.78, 5) is 21.3. The highest BCUT2D eigenvalue weighted by molar-refractivity contribution is 7.11. The molecule has 2 rings (SSSR count). The predicted octanol–water partition coefficient (Wildman–Crippen LogP) is 2.41. The van der Waals surface area contributed by atoms with Gasteiger partial charge in [0, 0.05) is 18.5 Å². The van der Waals surface area contributed by atoms with Crippen molar-refractivity contribution in [3.63, 3.8) is 0 Å². The molecule has 0 aliphatic carbocycles. The van der Waals surface area contributed by atoms with Crippen molar-refractivity contribution < 1.29 is 9.53 Å². The van der Waals surface area contributed by atoms with Gasteiger partial charge in [-0.2, -0.15) is 0 Å². The van der Waals surface area contributed by atoms with E-state index in [0.29, 0.717) is 18.7 Å². The fourth-order valence-electron chi connectivity index (χ4n) is 2.18. The lowest BCUT2D eigenvalue weighted by atomic mass is 10.1. The van der Waals surface area contributed by atoms with Crippen molar-refractivity contribution in [3.05, 3.63) is 51.0 Å². The Balaban J connectivity index is 1.87. The number of aryl methyl sites for hydroxylation is 2. The number of carbonyl (C=O) groups excluding carboxylic acids is 1. The summed E-state index contributed by atoms with van der Waals surface area (Å²) in [5.41, 5.74) is 2.65. The molecule has 6 nitrogen and oxygen atoms in total. The summed E-state index contributed by atoms with van der Waals surface area (Å²) in [7, 11) is 3.11. The number of methoxy groups -OCH3 is 1. The molecule has 1 aromatic heterocycles. The van der Waals surface area contributed by atoms with Gasteiger partial charge in [-0.15, -0.1) is 11.3 Å². The second-order valence-electron chi connectivity index (χ2n) is 5.21. The molecule has 0 radical (unpaired) electrons. The summed E-state index contributed by atoms with van der Waals surface area (Å²) in [6.07, 6.45) is 0. The third kappa shape index (κ3) is 4.79. The Kier molecular flexibility index (Phi) is 6.31. The number of esters is 1. The molecule has 0 saturated heterocycles. The molecule has 24 heavy (non-hydrogen) atoms. The van der Waals surface area contributed by atoms with Crippen molar-refractivity contribution in [1.82, 2.24) is 15.6 Å². The smallest absolute Gasteiger partial charge is 0.337 e. The average molecular weight is 346 g/mol. The Morgan fingerprint density at radius 3 is 2.42 bits per heavy atom. The van der Waals surface area contributed by atoms with E-state index in [-0.39, 0.29) is 5.97 Å². The standard InChI is InChI=1S/C17H22N4O2S/c1-11-15(24-12(2)21-11)10-20-17(18-3)19-9-13-5-7-14(8-6-13)16(22)23-4/h5-8H,9-10H2,1-4H3,(H2,18,19,20). The number of rotatable bonds is 5. The maximum Gasteiger partial charge on any atom is 0.337 e. The quantitative estimate of drug-likeness (QED) is 0.494. The third-order valence-corrected chi connectivity index (χ3v) is 4.55. The van der Waals surface area contributed by atoms with Gasteiger partial charge in [0.2, 0.25) is 0 Å². The molecular weight excluding hydrogens is 324 g/mol. The zero-order valence-corrected chi connectivity index (χ0v) is 15.2. The van der Waals surface area contributed by atoms with E-state index in [1.54, 1.807) is 30.5 Å². The van der Waals surface area contributed by atoms with Crippen LogP contribution in [0.5, 0.6) is 0 Å². The Hall–Kier alpha value is -2.41. The normalized spacial score (nSPS) is 11.2. The number of nitrogens with one attached hydrogen (secondary N) is 2. The molecule has 1 aromatic carbocycles. The number of aromatic nitrogens is 1. The molecular formula is C17H22N4O2S. The SMILES string of the molecule is CN=C(NCc1ccc(C(=O)OC)cc1)NCc1sc(C)nc1C. The average Bonchev–Trinajstić information content (AvgIpc) is 2.92. The fourth-order valence-corrected chi connectivity index (χ4v) is 3.06. The molecule has 128 valence electrons. The number of benzene rings is 1. The molecule has 0 fully saturated rings. The minimum Gasteiger partial charge on any atom is -0.465 e. The molecule has 2 N–H and O–H groups in total. The molecule has 0 aliphatic heterocycles. The topological polar surface area (TPSA) is 75.6 Å². The van der Waals surface area contributed by atoms with Crippen molar-refractivity contribution in [3.8, 4) is 0 Å². The zero-order chi connectivity index (χ0) is 17.5. The van der Waals surface area contributed by atoms with E-state index < -0.39 is 0 Å². The Morgan fingerprint density at radius 2 is 1.88 bits per heavy atom. The first-order valence-corrected chi connectivity index (χ1v) is 8.39. The number of nitrogens with zero attached hydrogens (tertiary/aromatic N) is 2. The van der Waals surface area contributed by atoms with Gasteiger partial charge in [-0.25, -0.2) is 9.78 Å². The molecule has 0 atom stereocenters. The molecule has 0 aliphatic rings. The van der Waals surface area contributed by atoms with E-state index in [0.717, 1.165) is 22.2 Å².